The third-order valence-corrected chi connectivity index (χ3v) is 2.30. The molecular formula is C13H13ClO. The fraction of sp³-hybridized carbons (Fsp3) is 0.308. The summed E-state index contributed by atoms with van der Waals surface area (Å²) in [6.45, 7) is 1.81. The van der Waals surface area contributed by atoms with Gasteiger partial charge in [0.2, 0.25) is 0 Å². The van der Waals surface area contributed by atoms with Crippen LogP contribution in [0.2, 0.25) is 5.02 Å². The Labute approximate surface area is 95.5 Å². The van der Waals surface area contributed by atoms with Crippen molar-refractivity contribution < 1.29 is 4.79 Å². The van der Waals surface area contributed by atoms with Crippen molar-refractivity contribution in [3.63, 3.8) is 0 Å². The van der Waals surface area contributed by atoms with Crippen LogP contribution in [-0.2, 0) is 0 Å². The summed E-state index contributed by atoms with van der Waals surface area (Å²) in [6.07, 6.45) is 2.16. The molecule has 0 amide bonds. The van der Waals surface area contributed by atoms with Crippen LogP contribution in [0.4, 0.5) is 0 Å². The van der Waals surface area contributed by atoms with Gasteiger partial charge in [0.1, 0.15) is 0 Å². The topological polar surface area (TPSA) is 17.1 Å². The molecule has 0 spiro atoms. The van der Waals surface area contributed by atoms with E-state index in [4.69, 9.17) is 11.6 Å². The SMILES string of the molecule is CC#CCCCC(=O)c1ccc(Cl)cc1. The molecule has 1 aromatic carbocycles. The Morgan fingerprint density at radius 3 is 2.60 bits per heavy atom. The second-order valence-electron chi connectivity index (χ2n) is 3.21. The molecule has 1 nitrogen and oxygen atoms in total. The number of Topliss-reactive ketones (excluding diaryl/α,β-unsaturated/α-hetero) is 1. The van der Waals surface area contributed by atoms with E-state index in [9.17, 15) is 4.79 Å². The summed E-state index contributed by atoms with van der Waals surface area (Å²) >= 11 is 5.73. The lowest BCUT2D eigenvalue weighted by Gasteiger charge is -1.99. The van der Waals surface area contributed by atoms with Crippen molar-refractivity contribution in [2.75, 3.05) is 0 Å². The Hall–Kier alpha value is -1.26. The standard InChI is InChI=1S/C13H13ClO/c1-2-3-4-5-6-13(15)11-7-9-12(14)10-8-11/h7-10H,4-6H2,1H3. The van der Waals surface area contributed by atoms with Crippen LogP contribution in [0.1, 0.15) is 36.5 Å². The molecule has 0 aromatic heterocycles. The van der Waals surface area contributed by atoms with Gasteiger partial charge in [-0.3, -0.25) is 4.79 Å². The van der Waals surface area contributed by atoms with Crippen LogP contribution in [-0.4, -0.2) is 5.78 Å². The molecule has 2 heteroatoms. The second kappa shape index (κ2) is 6.27. The second-order valence-corrected chi connectivity index (χ2v) is 3.65. The maximum Gasteiger partial charge on any atom is 0.162 e. The molecule has 1 aromatic rings. The number of hydrogen-bond acceptors (Lipinski definition) is 1. The van der Waals surface area contributed by atoms with Crippen LogP contribution >= 0.6 is 11.6 Å². The van der Waals surface area contributed by atoms with Crippen molar-refractivity contribution in [3.05, 3.63) is 34.9 Å². The summed E-state index contributed by atoms with van der Waals surface area (Å²) in [5.74, 6) is 5.91. The summed E-state index contributed by atoms with van der Waals surface area (Å²) in [6, 6.07) is 6.99. The molecule has 0 aliphatic rings. The van der Waals surface area contributed by atoms with E-state index in [-0.39, 0.29) is 5.78 Å². The predicted octanol–water partition coefficient (Wildman–Crippen LogP) is 3.72. The zero-order valence-corrected chi connectivity index (χ0v) is 9.47. The molecule has 0 radical (unpaired) electrons. The molecule has 0 aliphatic carbocycles. The molecule has 0 unspecified atom stereocenters. The summed E-state index contributed by atoms with van der Waals surface area (Å²) in [5, 5.41) is 0.656. The molecule has 0 fully saturated rings. The normalized spacial score (nSPS) is 9.20. The quantitative estimate of drug-likeness (QED) is 0.430. The minimum atomic E-state index is 0.157. The van der Waals surface area contributed by atoms with Crippen molar-refractivity contribution >= 4 is 17.4 Å². The molecule has 0 bridgehead atoms. The van der Waals surface area contributed by atoms with Crippen molar-refractivity contribution in [2.45, 2.75) is 26.2 Å². The first-order chi connectivity index (χ1) is 7.24. The lowest BCUT2D eigenvalue weighted by Crippen LogP contribution is -1.97. The van der Waals surface area contributed by atoms with Crippen molar-refractivity contribution in [1.82, 2.24) is 0 Å². The van der Waals surface area contributed by atoms with E-state index in [0.717, 1.165) is 18.4 Å². The van der Waals surface area contributed by atoms with Crippen LogP contribution in [0.15, 0.2) is 24.3 Å². The largest absolute Gasteiger partial charge is 0.294 e. The Morgan fingerprint density at radius 2 is 2.00 bits per heavy atom. The van der Waals surface area contributed by atoms with Gasteiger partial charge in [0.25, 0.3) is 0 Å². The third kappa shape index (κ3) is 4.18. The first-order valence-corrected chi connectivity index (χ1v) is 5.30. The minimum absolute atomic E-state index is 0.157. The number of benzene rings is 1. The molecule has 0 aliphatic heterocycles. The van der Waals surface area contributed by atoms with Gasteiger partial charge < -0.3 is 0 Å². The highest BCUT2D eigenvalue weighted by Crippen LogP contribution is 2.12. The number of rotatable bonds is 4. The Kier molecular flexibility index (Phi) is 4.93. The van der Waals surface area contributed by atoms with Crippen LogP contribution < -0.4 is 0 Å². The van der Waals surface area contributed by atoms with Crippen LogP contribution in [0, 0.1) is 11.8 Å². The molecule has 0 saturated carbocycles. The number of halogens is 1. The minimum Gasteiger partial charge on any atom is -0.294 e. The van der Waals surface area contributed by atoms with Crippen molar-refractivity contribution in [3.8, 4) is 11.8 Å². The molecule has 15 heavy (non-hydrogen) atoms. The Balaban J connectivity index is 2.46. The highest BCUT2D eigenvalue weighted by Gasteiger charge is 2.04. The number of ketones is 1. The molecule has 0 atom stereocenters. The van der Waals surface area contributed by atoms with Crippen molar-refractivity contribution in [2.24, 2.45) is 0 Å². The van der Waals surface area contributed by atoms with Gasteiger partial charge in [-0.15, -0.1) is 11.8 Å². The van der Waals surface area contributed by atoms with E-state index in [2.05, 4.69) is 11.8 Å². The fourth-order valence-electron chi connectivity index (χ4n) is 1.24. The first-order valence-electron chi connectivity index (χ1n) is 4.92. The fourth-order valence-corrected chi connectivity index (χ4v) is 1.37. The lowest BCUT2D eigenvalue weighted by molar-refractivity contribution is 0.0980. The molecule has 1 rings (SSSR count). The van der Waals surface area contributed by atoms with E-state index in [0.29, 0.717) is 11.4 Å². The van der Waals surface area contributed by atoms with E-state index in [1.807, 2.05) is 0 Å². The van der Waals surface area contributed by atoms with E-state index >= 15 is 0 Å². The van der Waals surface area contributed by atoms with E-state index in [1.54, 1.807) is 31.2 Å². The van der Waals surface area contributed by atoms with Gasteiger partial charge in [0.15, 0.2) is 5.78 Å². The molecule has 0 saturated heterocycles. The van der Waals surface area contributed by atoms with Gasteiger partial charge in [-0.1, -0.05) is 11.6 Å². The number of carbonyl (C=O) groups is 1. The predicted molar refractivity (Wildman–Crippen MR) is 63.1 cm³/mol. The number of carbonyl (C=O) groups excluding carboxylic acids is 1. The molecule has 0 heterocycles. The molecular weight excluding hydrogens is 208 g/mol. The third-order valence-electron chi connectivity index (χ3n) is 2.05. The maximum absolute atomic E-state index is 11.6. The molecule has 0 N–H and O–H groups in total. The van der Waals surface area contributed by atoms with Gasteiger partial charge in [-0.05, 0) is 37.6 Å². The Morgan fingerprint density at radius 1 is 1.33 bits per heavy atom. The highest BCUT2D eigenvalue weighted by molar-refractivity contribution is 6.30. The zero-order valence-electron chi connectivity index (χ0n) is 8.72. The maximum atomic E-state index is 11.6. The smallest absolute Gasteiger partial charge is 0.162 e. The average molecular weight is 221 g/mol. The summed E-state index contributed by atoms with van der Waals surface area (Å²) in [7, 11) is 0. The summed E-state index contributed by atoms with van der Waals surface area (Å²) < 4.78 is 0. The van der Waals surface area contributed by atoms with Crippen molar-refractivity contribution in [1.29, 1.82) is 0 Å². The summed E-state index contributed by atoms with van der Waals surface area (Å²) in [5.41, 5.74) is 0.726. The highest BCUT2D eigenvalue weighted by atomic mass is 35.5. The number of unbranched alkanes of at least 4 members (excludes halogenated alkanes) is 1. The van der Waals surface area contributed by atoms with E-state index < -0.39 is 0 Å². The van der Waals surface area contributed by atoms with Gasteiger partial charge in [-0.2, -0.15) is 0 Å². The Bertz CT molecular complexity index is 381. The number of hydrogen-bond donors (Lipinski definition) is 0. The van der Waals surface area contributed by atoms with Gasteiger partial charge in [0.05, 0.1) is 0 Å². The van der Waals surface area contributed by atoms with Crippen LogP contribution in [0.5, 0.6) is 0 Å². The van der Waals surface area contributed by atoms with Gasteiger partial charge in [0, 0.05) is 23.4 Å². The monoisotopic (exact) mass is 220 g/mol. The lowest BCUT2D eigenvalue weighted by atomic mass is 10.1. The average Bonchev–Trinajstić information content (AvgIpc) is 2.25. The molecule has 78 valence electrons. The van der Waals surface area contributed by atoms with Crippen LogP contribution in [0.25, 0.3) is 0 Å². The van der Waals surface area contributed by atoms with E-state index in [1.165, 1.54) is 0 Å². The first kappa shape index (κ1) is 11.8. The zero-order chi connectivity index (χ0) is 11.1. The van der Waals surface area contributed by atoms with Crippen LogP contribution in [0.3, 0.4) is 0 Å². The van der Waals surface area contributed by atoms with Gasteiger partial charge >= 0.3 is 0 Å². The summed E-state index contributed by atoms with van der Waals surface area (Å²) in [4.78, 5) is 11.6. The van der Waals surface area contributed by atoms with Gasteiger partial charge in [-0.25, -0.2) is 0 Å².